The minimum Gasteiger partial charge on any atom is -0.744 e. The van der Waals surface area contributed by atoms with Crippen LogP contribution in [0.2, 0.25) is 0 Å². The average Bonchev–Trinajstić information content (AvgIpc) is 2.39. The molecular formula is C13H9O5S-. The number of hydrogen-bond acceptors (Lipinski definition) is 5. The first-order valence-corrected chi connectivity index (χ1v) is 6.71. The standard InChI is InChI=1S/C13H10O5S/c14-13(10-6-2-1-3-7-10)18-11-8-4-5-9-12(11)19(15,16)17/h1-9H,(H,15,16,17)/p-1. The minimum absolute atomic E-state index is 0.264. The predicted molar refractivity (Wildman–Crippen MR) is 65.8 cm³/mol. The molecule has 0 bridgehead atoms. The Morgan fingerprint density at radius 1 is 0.947 bits per heavy atom. The Morgan fingerprint density at radius 3 is 2.16 bits per heavy atom. The Kier molecular flexibility index (Phi) is 3.64. The Labute approximate surface area is 110 Å². The van der Waals surface area contributed by atoms with E-state index in [1.807, 2.05) is 0 Å². The van der Waals surface area contributed by atoms with Gasteiger partial charge in [0.15, 0.2) is 0 Å². The molecule has 5 nitrogen and oxygen atoms in total. The zero-order valence-corrected chi connectivity index (χ0v) is 10.5. The molecular weight excluding hydrogens is 268 g/mol. The molecule has 0 aliphatic carbocycles. The van der Waals surface area contributed by atoms with E-state index < -0.39 is 21.0 Å². The molecule has 0 fully saturated rings. The lowest BCUT2D eigenvalue weighted by molar-refractivity contribution is 0.0730. The number of rotatable bonds is 3. The fourth-order valence-corrected chi connectivity index (χ4v) is 2.08. The predicted octanol–water partition coefficient (Wildman–Crippen LogP) is 1.81. The van der Waals surface area contributed by atoms with Crippen LogP contribution in [0, 0.1) is 0 Å². The molecule has 0 saturated heterocycles. The van der Waals surface area contributed by atoms with E-state index in [1.54, 1.807) is 18.2 Å². The first-order chi connectivity index (χ1) is 8.98. The first-order valence-electron chi connectivity index (χ1n) is 5.30. The van der Waals surface area contributed by atoms with Crippen LogP contribution in [0.4, 0.5) is 0 Å². The summed E-state index contributed by atoms with van der Waals surface area (Å²) in [5.41, 5.74) is 0.264. The smallest absolute Gasteiger partial charge is 0.343 e. The summed E-state index contributed by atoms with van der Waals surface area (Å²) in [6.45, 7) is 0. The zero-order valence-electron chi connectivity index (χ0n) is 9.65. The van der Waals surface area contributed by atoms with Crippen LogP contribution in [0.1, 0.15) is 10.4 Å². The molecule has 0 N–H and O–H groups in total. The van der Waals surface area contributed by atoms with Crippen molar-refractivity contribution < 1.29 is 22.5 Å². The second kappa shape index (κ2) is 5.21. The van der Waals surface area contributed by atoms with E-state index in [9.17, 15) is 17.8 Å². The summed E-state index contributed by atoms with van der Waals surface area (Å²) in [7, 11) is -4.69. The molecule has 0 aromatic heterocycles. The monoisotopic (exact) mass is 277 g/mol. The Balaban J connectivity index is 2.33. The number of para-hydroxylation sites is 1. The van der Waals surface area contributed by atoms with E-state index in [1.165, 1.54) is 30.3 Å². The maximum absolute atomic E-state index is 11.8. The van der Waals surface area contributed by atoms with Gasteiger partial charge >= 0.3 is 5.97 Å². The fourth-order valence-electron chi connectivity index (χ4n) is 1.47. The normalized spacial score (nSPS) is 11.0. The van der Waals surface area contributed by atoms with Gasteiger partial charge in [-0.3, -0.25) is 0 Å². The summed E-state index contributed by atoms with van der Waals surface area (Å²) in [4.78, 5) is 11.2. The molecule has 0 radical (unpaired) electrons. The van der Waals surface area contributed by atoms with Gasteiger partial charge in [0.1, 0.15) is 15.9 Å². The summed E-state index contributed by atoms with van der Waals surface area (Å²) in [6, 6.07) is 13.3. The molecule has 0 saturated carbocycles. The van der Waals surface area contributed by atoms with Crippen LogP contribution < -0.4 is 4.74 Å². The Bertz CT molecular complexity index is 692. The molecule has 2 aromatic rings. The minimum atomic E-state index is -4.69. The second-order valence-electron chi connectivity index (χ2n) is 3.66. The number of carbonyl (C=O) groups is 1. The number of hydrogen-bond donors (Lipinski definition) is 0. The molecule has 0 atom stereocenters. The molecule has 0 spiro atoms. The first kappa shape index (κ1) is 13.3. The number of ether oxygens (including phenoxy) is 1. The highest BCUT2D eigenvalue weighted by atomic mass is 32.2. The lowest BCUT2D eigenvalue weighted by atomic mass is 10.2. The Morgan fingerprint density at radius 2 is 1.53 bits per heavy atom. The van der Waals surface area contributed by atoms with Crippen LogP contribution in [0.15, 0.2) is 59.5 Å². The van der Waals surface area contributed by atoms with Gasteiger partial charge in [0.2, 0.25) is 0 Å². The van der Waals surface area contributed by atoms with Gasteiger partial charge in [-0.05, 0) is 24.3 Å². The summed E-state index contributed by atoms with van der Waals surface area (Å²) < 4.78 is 38.0. The Hall–Kier alpha value is -2.18. The third kappa shape index (κ3) is 3.18. The van der Waals surface area contributed by atoms with Gasteiger partial charge < -0.3 is 9.29 Å². The van der Waals surface area contributed by atoms with Crippen LogP contribution >= 0.6 is 0 Å². The maximum Gasteiger partial charge on any atom is 0.343 e. The third-order valence-corrected chi connectivity index (χ3v) is 3.21. The van der Waals surface area contributed by atoms with E-state index in [0.717, 1.165) is 6.07 Å². The van der Waals surface area contributed by atoms with Gasteiger partial charge in [0, 0.05) is 0 Å². The second-order valence-corrected chi connectivity index (χ2v) is 5.00. The molecule has 0 aliphatic heterocycles. The van der Waals surface area contributed by atoms with Crippen molar-refractivity contribution in [2.24, 2.45) is 0 Å². The van der Waals surface area contributed by atoms with E-state index >= 15 is 0 Å². The molecule has 0 aliphatic rings. The molecule has 0 amide bonds. The lowest BCUT2D eigenvalue weighted by Gasteiger charge is -2.12. The zero-order chi connectivity index (χ0) is 13.9. The number of esters is 1. The van der Waals surface area contributed by atoms with Crippen molar-refractivity contribution in [1.29, 1.82) is 0 Å². The SMILES string of the molecule is O=C(Oc1ccccc1S(=O)(=O)[O-])c1ccccc1. The maximum atomic E-state index is 11.8. The highest BCUT2D eigenvalue weighted by molar-refractivity contribution is 7.85. The van der Waals surface area contributed by atoms with Gasteiger partial charge in [-0.1, -0.05) is 30.3 Å². The third-order valence-electron chi connectivity index (χ3n) is 2.33. The van der Waals surface area contributed by atoms with Crippen LogP contribution in [0.5, 0.6) is 5.75 Å². The van der Waals surface area contributed by atoms with Crippen LogP contribution in [-0.2, 0) is 10.1 Å². The fraction of sp³-hybridized carbons (Fsp3) is 0. The van der Waals surface area contributed by atoms with E-state index in [-0.39, 0.29) is 11.3 Å². The van der Waals surface area contributed by atoms with Gasteiger partial charge in [-0.25, -0.2) is 13.2 Å². The summed E-state index contributed by atoms with van der Waals surface area (Å²) in [6.07, 6.45) is 0. The largest absolute Gasteiger partial charge is 0.744 e. The quantitative estimate of drug-likeness (QED) is 0.485. The molecule has 98 valence electrons. The molecule has 6 heteroatoms. The number of carbonyl (C=O) groups excluding carboxylic acids is 1. The van der Waals surface area contributed by atoms with Crippen molar-refractivity contribution in [3.63, 3.8) is 0 Å². The highest BCUT2D eigenvalue weighted by Gasteiger charge is 2.14. The molecule has 0 heterocycles. The molecule has 19 heavy (non-hydrogen) atoms. The van der Waals surface area contributed by atoms with Crippen molar-refractivity contribution in [3.05, 3.63) is 60.2 Å². The lowest BCUT2D eigenvalue weighted by Crippen LogP contribution is -2.11. The van der Waals surface area contributed by atoms with Crippen molar-refractivity contribution in [3.8, 4) is 5.75 Å². The highest BCUT2D eigenvalue weighted by Crippen LogP contribution is 2.23. The van der Waals surface area contributed by atoms with Crippen LogP contribution in [0.25, 0.3) is 0 Å². The van der Waals surface area contributed by atoms with E-state index in [2.05, 4.69) is 0 Å². The van der Waals surface area contributed by atoms with E-state index in [4.69, 9.17) is 4.74 Å². The van der Waals surface area contributed by atoms with Gasteiger partial charge in [-0.2, -0.15) is 0 Å². The molecule has 0 unspecified atom stereocenters. The molecule has 2 aromatic carbocycles. The summed E-state index contributed by atoms with van der Waals surface area (Å²) in [5.74, 6) is -0.997. The average molecular weight is 277 g/mol. The van der Waals surface area contributed by atoms with E-state index in [0.29, 0.717) is 0 Å². The molecule has 2 rings (SSSR count). The van der Waals surface area contributed by atoms with Gasteiger partial charge in [0.25, 0.3) is 0 Å². The van der Waals surface area contributed by atoms with Gasteiger partial charge in [0.05, 0.1) is 10.5 Å². The van der Waals surface area contributed by atoms with Crippen molar-refractivity contribution in [2.45, 2.75) is 4.90 Å². The number of benzene rings is 2. The van der Waals surface area contributed by atoms with Crippen molar-refractivity contribution >= 4 is 16.1 Å². The summed E-state index contributed by atoms with van der Waals surface area (Å²) >= 11 is 0. The van der Waals surface area contributed by atoms with Crippen molar-refractivity contribution in [1.82, 2.24) is 0 Å². The topological polar surface area (TPSA) is 83.5 Å². The van der Waals surface area contributed by atoms with Crippen molar-refractivity contribution in [2.75, 3.05) is 0 Å². The van der Waals surface area contributed by atoms with Crippen LogP contribution in [-0.4, -0.2) is 18.9 Å². The van der Waals surface area contributed by atoms with Crippen LogP contribution in [0.3, 0.4) is 0 Å². The summed E-state index contributed by atoms with van der Waals surface area (Å²) in [5, 5.41) is 0. The van der Waals surface area contributed by atoms with Gasteiger partial charge in [-0.15, -0.1) is 0 Å².